The molecule has 0 aromatic heterocycles. The first-order valence-electron chi connectivity index (χ1n) is 11.1. The molecule has 0 spiro atoms. The Labute approximate surface area is 186 Å². The Hall–Kier alpha value is -1.66. The molecule has 0 radical (unpaired) electrons. The van der Waals surface area contributed by atoms with Crippen LogP contribution in [0.15, 0.2) is 53.3 Å². The SMILES string of the molecule is CC(C)P(N=C(Nc1ccccc1C(C)(C)C)c1ccc(C(C)(C)C)cc1)C(C)C. The molecule has 2 rings (SSSR count). The third-order valence-electron chi connectivity index (χ3n) is 5.29. The van der Waals surface area contributed by atoms with Crippen molar-refractivity contribution in [2.45, 2.75) is 91.4 Å². The Morgan fingerprint density at radius 1 is 0.767 bits per heavy atom. The molecule has 1 N–H and O–H groups in total. The van der Waals surface area contributed by atoms with Crippen molar-refractivity contribution in [2.24, 2.45) is 4.76 Å². The summed E-state index contributed by atoms with van der Waals surface area (Å²) in [6, 6.07) is 17.6. The van der Waals surface area contributed by atoms with Crippen molar-refractivity contribution in [1.29, 1.82) is 0 Å². The Bertz CT molecular complexity index is 842. The number of hydrogen-bond acceptors (Lipinski definition) is 1. The zero-order valence-corrected chi connectivity index (χ0v) is 21.6. The highest BCUT2D eigenvalue weighted by molar-refractivity contribution is 7.57. The van der Waals surface area contributed by atoms with Gasteiger partial charge in [0.1, 0.15) is 5.84 Å². The summed E-state index contributed by atoms with van der Waals surface area (Å²) in [6.45, 7) is 22.7. The maximum atomic E-state index is 5.33. The molecule has 0 fully saturated rings. The lowest BCUT2D eigenvalue weighted by molar-refractivity contribution is 0.590. The monoisotopic (exact) mass is 424 g/mol. The fourth-order valence-electron chi connectivity index (χ4n) is 3.60. The number of nitrogens with zero attached hydrogens (tertiary/aromatic N) is 1. The second kappa shape index (κ2) is 9.65. The van der Waals surface area contributed by atoms with Crippen LogP contribution in [0.3, 0.4) is 0 Å². The number of benzene rings is 2. The average Bonchev–Trinajstić information content (AvgIpc) is 2.63. The largest absolute Gasteiger partial charge is 0.340 e. The minimum Gasteiger partial charge on any atom is -0.340 e. The van der Waals surface area contributed by atoms with E-state index in [2.05, 4.69) is 123 Å². The summed E-state index contributed by atoms with van der Waals surface area (Å²) < 4.78 is 5.33. The van der Waals surface area contributed by atoms with Gasteiger partial charge in [-0.15, -0.1) is 0 Å². The van der Waals surface area contributed by atoms with E-state index < -0.39 is 8.07 Å². The fraction of sp³-hybridized carbons (Fsp3) is 0.519. The normalized spacial score (nSPS) is 13.4. The second-order valence-corrected chi connectivity index (χ2v) is 13.8. The smallest absolute Gasteiger partial charge is 0.136 e. The van der Waals surface area contributed by atoms with Crippen LogP contribution in [0, 0.1) is 0 Å². The van der Waals surface area contributed by atoms with Gasteiger partial charge in [0, 0.05) is 19.3 Å². The van der Waals surface area contributed by atoms with E-state index in [1.165, 1.54) is 11.1 Å². The number of para-hydroxylation sites is 1. The number of hydrogen-bond donors (Lipinski definition) is 1. The van der Waals surface area contributed by atoms with E-state index in [1.807, 2.05) is 0 Å². The van der Waals surface area contributed by atoms with Crippen LogP contribution in [-0.2, 0) is 10.8 Å². The Morgan fingerprint density at radius 2 is 1.30 bits per heavy atom. The third-order valence-corrected chi connectivity index (χ3v) is 7.83. The van der Waals surface area contributed by atoms with Gasteiger partial charge in [-0.05, 0) is 39.3 Å². The first-order valence-corrected chi connectivity index (χ1v) is 12.6. The van der Waals surface area contributed by atoms with Gasteiger partial charge in [-0.3, -0.25) is 0 Å². The highest BCUT2D eigenvalue weighted by Crippen LogP contribution is 2.48. The van der Waals surface area contributed by atoms with Crippen LogP contribution in [0.4, 0.5) is 5.69 Å². The van der Waals surface area contributed by atoms with Gasteiger partial charge in [0.2, 0.25) is 0 Å². The molecule has 0 aliphatic carbocycles. The number of rotatable bonds is 5. The minimum atomic E-state index is -0.480. The van der Waals surface area contributed by atoms with Crippen molar-refractivity contribution < 1.29 is 0 Å². The molecule has 2 nitrogen and oxygen atoms in total. The van der Waals surface area contributed by atoms with E-state index >= 15 is 0 Å². The predicted molar refractivity (Wildman–Crippen MR) is 138 cm³/mol. The van der Waals surface area contributed by atoms with Gasteiger partial charge in [-0.1, -0.05) is 112 Å². The van der Waals surface area contributed by atoms with Crippen LogP contribution < -0.4 is 5.32 Å². The zero-order valence-electron chi connectivity index (χ0n) is 20.7. The highest BCUT2D eigenvalue weighted by Gasteiger charge is 2.22. The van der Waals surface area contributed by atoms with Gasteiger partial charge < -0.3 is 5.32 Å². The first-order chi connectivity index (χ1) is 13.8. The van der Waals surface area contributed by atoms with Crippen molar-refractivity contribution in [3.63, 3.8) is 0 Å². The van der Waals surface area contributed by atoms with Gasteiger partial charge >= 0.3 is 0 Å². The summed E-state index contributed by atoms with van der Waals surface area (Å²) in [7, 11) is -0.480. The van der Waals surface area contributed by atoms with Crippen LogP contribution in [0.1, 0.15) is 85.9 Å². The standard InChI is InChI=1S/C27H41N2P/c1-19(2)30(20(3)4)29-25(21-15-17-22(18-16-21)26(5,6)7)28-24-14-12-11-13-23(24)27(8,9)10/h11-20H,1-10H3,(H,28,29). The molecule has 3 heteroatoms. The van der Waals surface area contributed by atoms with E-state index in [4.69, 9.17) is 4.76 Å². The predicted octanol–water partition coefficient (Wildman–Crippen LogP) is 8.35. The summed E-state index contributed by atoms with van der Waals surface area (Å²) in [5, 5.41) is 3.74. The van der Waals surface area contributed by atoms with E-state index in [-0.39, 0.29) is 10.8 Å². The molecule has 0 bridgehead atoms. The summed E-state index contributed by atoms with van der Waals surface area (Å²) in [5.41, 5.74) is 6.24. The highest BCUT2D eigenvalue weighted by atomic mass is 31.1. The zero-order chi connectivity index (χ0) is 22.7. The topological polar surface area (TPSA) is 24.4 Å². The van der Waals surface area contributed by atoms with Gasteiger partial charge in [0.15, 0.2) is 0 Å². The van der Waals surface area contributed by atoms with Crippen LogP contribution in [0.2, 0.25) is 0 Å². The molecule has 0 saturated heterocycles. The molecular weight excluding hydrogens is 383 g/mol. The molecule has 0 amide bonds. The molecule has 30 heavy (non-hydrogen) atoms. The van der Waals surface area contributed by atoms with Crippen molar-refractivity contribution in [3.05, 3.63) is 65.2 Å². The molecule has 2 aromatic carbocycles. The Morgan fingerprint density at radius 3 is 1.77 bits per heavy atom. The van der Waals surface area contributed by atoms with Crippen molar-refractivity contribution in [3.8, 4) is 0 Å². The lowest BCUT2D eigenvalue weighted by atomic mass is 9.85. The van der Waals surface area contributed by atoms with Gasteiger partial charge in [-0.25, -0.2) is 4.76 Å². The lowest BCUT2D eigenvalue weighted by Gasteiger charge is -2.26. The van der Waals surface area contributed by atoms with Gasteiger partial charge in [0.05, 0.1) is 0 Å². The summed E-state index contributed by atoms with van der Waals surface area (Å²) >= 11 is 0. The van der Waals surface area contributed by atoms with E-state index in [9.17, 15) is 0 Å². The van der Waals surface area contributed by atoms with Crippen LogP contribution in [0.25, 0.3) is 0 Å². The molecule has 164 valence electrons. The molecular formula is C27H41N2P. The van der Waals surface area contributed by atoms with Gasteiger partial charge in [0.25, 0.3) is 0 Å². The minimum absolute atomic E-state index is 0.0611. The number of anilines is 1. The molecule has 2 aromatic rings. The molecule has 0 atom stereocenters. The van der Waals surface area contributed by atoms with E-state index in [0.29, 0.717) is 11.3 Å². The molecule has 0 aliphatic rings. The van der Waals surface area contributed by atoms with Gasteiger partial charge in [-0.2, -0.15) is 0 Å². The van der Waals surface area contributed by atoms with E-state index in [1.54, 1.807) is 0 Å². The maximum Gasteiger partial charge on any atom is 0.136 e. The van der Waals surface area contributed by atoms with Crippen LogP contribution >= 0.6 is 8.07 Å². The van der Waals surface area contributed by atoms with Crippen molar-refractivity contribution >= 4 is 19.6 Å². The quantitative estimate of drug-likeness (QED) is 0.291. The van der Waals surface area contributed by atoms with E-state index in [0.717, 1.165) is 17.1 Å². The summed E-state index contributed by atoms with van der Waals surface area (Å²) in [5.74, 6) is 0.987. The maximum absolute atomic E-state index is 5.33. The van der Waals surface area contributed by atoms with Crippen molar-refractivity contribution in [2.75, 3.05) is 5.32 Å². The lowest BCUT2D eigenvalue weighted by Crippen LogP contribution is -2.20. The van der Waals surface area contributed by atoms with Crippen LogP contribution in [-0.4, -0.2) is 17.2 Å². The molecule has 0 heterocycles. The second-order valence-electron chi connectivity index (χ2n) is 10.8. The van der Waals surface area contributed by atoms with Crippen LogP contribution in [0.5, 0.6) is 0 Å². The summed E-state index contributed by atoms with van der Waals surface area (Å²) in [6.07, 6.45) is 0. The Balaban J connectivity index is 2.56. The molecule has 0 saturated carbocycles. The third kappa shape index (κ3) is 6.42. The number of nitrogens with one attached hydrogen (secondary N) is 1. The summed E-state index contributed by atoms with van der Waals surface area (Å²) in [4.78, 5) is 0. The molecule has 0 aliphatic heterocycles. The molecule has 0 unspecified atom stereocenters. The number of amidine groups is 1. The first kappa shape index (κ1) is 24.6. The fourth-order valence-corrected chi connectivity index (χ4v) is 5.65. The Kier molecular flexibility index (Phi) is 7.91. The van der Waals surface area contributed by atoms with Crippen molar-refractivity contribution in [1.82, 2.24) is 0 Å². The average molecular weight is 425 g/mol.